The fourth-order valence-corrected chi connectivity index (χ4v) is 4.83. The lowest BCUT2D eigenvalue weighted by Crippen LogP contribution is -2.55. The lowest BCUT2D eigenvalue weighted by molar-refractivity contribution is -0.145. The Morgan fingerprint density at radius 1 is 0.978 bits per heavy atom. The first-order chi connectivity index (χ1) is 21.1. The third-order valence-electron chi connectivity index (χ3n) is 7.21. The number of carbonyl (C=O) groups is 3. The normalized spacial score (nSPS) is 12.5. The zero-order chi connectivity index (χ0) is 31.6. The highest BCUT2D eigenvalue weighted by atomic mass is 35.5. The first-order valence-electron chi connectivity index (χ1n) is 14.3. The fourth-order valence-electron chi connectivity index (χ4n) is 4.83. The summed E-state index contributed by atoms with van der Waals surface area (Å²) >= 11 is 0. The van der Waals surface area contributed by atoms with Crippen molar-refractivity contribution < 1.29 is 19.1 Å². The maximum absolute atomic E-state index is 13.6. The summed E-state index contributed by atoms with van der Waals surface area (Å²) in [6.07, 6.45) is 4.39. The Morgan fingerprint density at radius 3 is 2.37 bits per heavy atom. The molecule has 0 aliphatic rings. The van der Waals surface area contributed by atoms with Crippen molar-refractivity contribution in [2.24, 2.45) is 22.2 Å². The van der Waals surface area contributed by atoms with Gasteiger partial charge in [0.1, 0.15) is 17.9 Å². The average Bonchev–Trinajstić information content (AvgIpc) is 3.65. The second-order valence-electron chi connectivity index (χ2n) is 10.6. The molecule has 2 amide bonds. The molecule has 46 heavy (non-hydrogen) atoms. The van der Waals surface area contributed by atoms with Crippen LogP contribution in [0.1, 0.15) is 29.7 Å². The van der Waals surface area contributed by atoms with Gasteiger partial charge in [-0.25, -0.2) is 9.78 Å². The number of nitrogens with two attached hydrogens (primary N) is 3. The molecule has 2 heterocycles. The lowest BCUT2D eigenvalue weighted by atomic mass is 10.0. The van der Waals surface area contributed by atoms with Crippen LogP contribution in [0, 0.1) is 6.92 Å². The molecule has 0 radical (unpaired) electrons. The number of H-pyrrole nitrogens is 2. The lowest BCUT2D eigenvalue weighted by Gasteiger charge is -2.23. The number of aryl methyl sites for hydroxylation is 1. The number of hydrogen-bond donors (Lipinski definition) is 7. The molecule has 2 aromatic heterocycles. The van der Waals surface area contributed by atoms with Crippen LogP contribution in [0.3, 0.4) is 0 Å². The molecule has 15 heteroatoms. The summed E-state index contributed by atoms with van der Waals surface area (Å²) < 4.78 is 4.90. The van der Waals surface area contributed by atoms with Crippen molar-refractivity contribution >= 4 is 59.5 Å². The summed E-state index contributed by atoms with van der Waals surface area (Å²) in [5, 5.41) is 6.44. The summed E-state index contributed by atoms with van der Waals surface area (Å²) in [5.74, 6) is -1.11. The predicted octanol–water partition coefficient (Wildman–Crippen LogP) is 2.02. The van der Waals surface area contributed by atoms with Crippen LogP contribution in [0.5, 0.6) is 0 Å². The fraction of sp³-hybridized carbons (Fsp3) is 0.323. The van der Waals surface area contributed by atoms with Crippen LogP contribution < -0.4 is 27.8 Å². The molecule has 10 N–H and O–H groups in total. The van der Waals surface area contributed by atoms with E-state index >= 15 is 0 Å². The van der Waals surface area contributed by atoms with Gasteiger partial charge >= 0.3 is 5.97 Å². The van der Waals surface area contributed by atoms with Crippen molar-refractivity contribution in [2.75, 3.05) is 13.7 Å². The van der Waals surface area contributed by atoms with Crippen molar-refractivity contribution in [3.8, 4) is 11.4 Å². The molecule has 0 saturated carbocycles. The number of para-hydroxylation sites is 1. The maximum Gasteiger partial charge on any atom is 0.328 e. The Hall–Kier alpha value is -4.59. The molecule has 4 rings (SSSR count). The Kier molecular flexibility index (Phi) is 14.5. The van der Waals surface area contributed by atoms with Crippen molar-refractivity contribution in [3.63, 3.8) is 0 Å². The van der Waals surface area contributed by atoms with Crippen molar-refractivity contribution in [2.45, 2.75) is 50.7 Å². The minimum Gasteiger partial charge on any atom is -0.467 e. The molecule has 13 nitrogen and oxygen atoms in total. The molecule has 3 atom stereocenters. The predicted molar refractivity (Wildman–Crippen MR) is 183 cm³/mol. The number of carbonyl (C=O) groups excluding carboxylic acids is 3. The van der Waals surface area contributed by atoms with E-state index in [0.717, 1.165) is 27.6 Å². The van der Waals surface area contributed by atoms with Crippen LogP contribution in [0.2, 0.25) is 0 Å². The standard InChI is InChI=1S/C31H39N9O4.2ClH/c1-18-9-11-19(12-10-18)27-37-17-21(38-27)15-23(32)28(41)40-26(14-20-16-36-24-7-4-3-6-22(20)24)29(42)39-25(30(43)44-2)8-5-13-35-31(33)34;;/h3-4,6-7,9-12,16-17,23,25-26,36H,5,8,13-15,32H2,1-2H3,(H,37,38)(H,39,42)(H,40,41)(H4,33,34,35);2*1H/t23-,25-,26-;;/m0../s1. The van der Waals surface area contributed by atoms with E-state index in [1.807, 2.05) is 55.5 Å². The van der Waals surface area contributed by atoms with Crippen LogP contribution in [0.4, 0.5) is 0 Å². The third-order valence-corrected chi connectivity index (χ3v) is 7.21. The highest BCUT2D eigenvalue weighted by Crippen LogP contribution is 2.20. The first kappa shape index (κ1) is 37.6. The minimum absolute atomic E-state index is 0. The number of fused-ring (bicyclic) bond motifs is 1. The number of amides is 2. The monoisotopic (exact) mass is 673 g/mol. The van der Waals surface area contributed by atoms with Crippen LogP contribution in [0.25, 0.3) is 22.3 Å². The average molecular weight is 675 g/mol. The molecule has 0 spiro atoms. The molecule has 0 unspecified atom stereocenters. The van der Waals surface area contributed by atoms with Gasteiger partial charge in [0, 0.05) is 53.9 Å². The number of nitrogens with one attached hydrogen (secondary N) is 4. The molecular weight excluding hydrogens is 633 g/mol. The number of hydrogen-bond acceptors (Lipinski definition) is 7. The van der Waals surface area contributed by atoms with Gasteiger partial charge in [0.25, 0.3) is 0 Å². The molecular formula is C31H41Cl2N9O4. The maximum atomic E-state index is 13.6. The number of imidazole rings is 1. The zero-order valence-electron chi connectivity index (χ0n) is 25.6. The quantitative estimate of drug-likeness (QED) is 0.0453. The second-order valence-corrected chi connectivity index (χ2v) is 10.6. The Balaban J connectivity index is 0.00000368. The summed E-state index contributed by atoms with van der Waals surface area (Å²) in [5.41, 5.74) is 21.5. The van der Waals surface area contributed by atoms with Crippen molar-refractivity contribution in [3.05, 3.63) is 77.7 Å². The van der Waals surface area contributed by atoms with Crippen LogP contribution in [-0.2, 0) is 32.0 Å². The van der Waals surface area contributed by atoms with Gasteiger partial charge in [-0.05, 0) is 31.4 Å². The number of aromatic nitrogens is 3. The summed E-state index contributed by atoms with van der Waals surface area (Å²) in [6, 6.07) is 12.5. The Morgan fingerprint density at radius 2 is 1.67 bits per heavy atom. The molecule has 2 aromatic carbocycles. The van der Waals surface area contributed by atoms with Crippen molar-refractivity contribution in [1.82, 2.24) is 25.6 Å². The number of nitrogens with zero attached hydrogens (tertiary/aromatic N) is 2. The van der Waals surface area contributed by atoms with Crippen molar-refractivity contribution in [1.29, 1.82) is 0 Å². The number of ether oxygens (including phenoxy) is 1. The number of esters is 1. The highest BCUT2D eigenvalue weighted by Gasteiger charge is 2.29. The van der Waals surface area contributed by atoms with Gasteiger partial charge in [0.05, 0.1) is 13.2 Å². The van der Waals surface area contributed by atoms with E-state index in [0.29, 0.717) is 17.9 Å². The van der Waals surface area contributed by atoms with Gasteiger partial charge in [-0.3, -0.25) is 14.6 Å². The van der Waals surface area contributed by atoms with E-state index in [1.165, 1.54) is 7.11 Å². The number of rotatable bonds is 14. The number of aromatic amines is 2. The van der Waals surface area contributed by atoms with E-state index in [-0.39, 0.29) is 56.6 Å². The third kappa shape index (κ3) is 10.2. The van der Waals surface area contributed by atoms with Gasteiger partial charge in [-0.1, -0.05) is 48.0 Å². The minimum atomic E-state index is -1.04. The van der Waals surface area contributed by atoms with Gasteiger partial charge in [0.2, 0.25) is 11.8 Å². The molecule has 0 saturated heterocycles. The van der Waals surface area contributed by atoms with Gasteiger partial charge < -0.3 is 42.5 Å². The van der Waals surface area contributed by atoms with Crippen LogP contribution in [0.15, 0.2) is 65.9 Å². The molecule has 0 bridgehead atoms. The van der Waals surface area contributed by atoms with Crippen LogP contribution >= 0.6 is 24.8 Å². The van der Waals surface area contributed by atoms with Gasteiger partial charge in [-0.15, -0.1) is 24.8 Å². The van der Waals surface area contributed by atoms with E-state index in [9.17, 15) is 14.4 Å². The van der Waals surface area contributed by atoms with Gasteiger partial charge in [0.15, 0.2) is 5.96 Å². The highest BCUT2D eigenvalue weighted by molar-refractivity contribution is 5.93. The number of aliphatic imine (C=N–C) groups is 1. The molecule has 0 fully saturated rings. The molecule has 4 aromatic rings. The molecule has 248 valence electrons. The smallest absolute Gasteiger partial charge is 0.328 e. The molecule has 0 aliphatic heterocycles. The number of methoxy groups -OCH3 is 1. The topological polar surface area (TPSA) is 219 Å². The van der Waals surface area contributed by atoms with E-state index in [4.69, 9.17) is 21.9 Å². The number of benzene rings is 2. The SMILES string of the molecule is COC(=O)[C@H](CCCN=C(N)N)NC(=O)[C@H](Cc1c[nH]c2ccccc12)NC(=O)[C@@H](N)Cc1cnc(-c2ccc(C)cc2)[nH]1.Cl.Cl. The van der Waals surface area contributed by atoms with Gasteiger partial charge in [-0.2, -0.15) is 0 Å². The number of guanidine groups is 1. The van der Waals surface area contributed by atoms with Crippen LogP contribution in [-0.4, -0.2) is 70.5 Å². The summed E-state index contributed by atoms with van der Waals surface area (Å²) in [4.78, 5) is 54.2. The van der Waals surface area contributed by atoms with E-state index in [2.05, 4.69) is 30.6 Å². The summed E-state index contributed by atoms with van der Waals surface area (Å²) in [7, 11) is 1.24. The number of halogens is 2. The Labute approximate surface area is 279 Å². The Bertz CT molecular complexity index is 1620. The first-order valence-corrected chi connectivity index (χ1v) is 14.3. The second kappa shape index (κ2) is 17.8. The van der Waals surface area contributed by atoms with E-state index < -0.39 is 35.9 Å². The summed E-state index contributed by atoms with van der Waals surface area (Å²) in [6.45, 7) is 2.28. The zero-order valence-corrected chi connectivity index (χ0v) is 27.3. The van der Waals surface area contributed by atoms with E-state index in [1.54, 1.807) is 12.4 Å². The molecule has 0 aliphatic carbocycles. The largest absolute Gasteiger partial charge is 0.467 e.